The SMILES string of the molecule is Cc1cccc2c(CC(=O)N3CCCC(C)C3CO)c[nH]c12. The summed E-state index contributed by atoms with van der Waals surface area (Å²) in [6.07, 6.45) is 4.45. The summed E-state index contributed by atoms with van der Waals surface area (Å²) in [6, 6.07) is 6.12. The molecular weight excluding hydrogens is 276 g/mol. The molecule has 3 rings (SSSR count). The number of carbonyl (C=O) groups is 1. The molecule has 1 amide bonds. The zero-order valence-electron chi connectivity index (χ0n) is 13.3. The summed E-state index contributed by atoms with van der Waals surface area (Å²) in [4.78, 5) is 17.9. The van der Waals surface area contributed by atoms with E-state index in [-0.39, 0.29) is 18.6 Å². The Morgan fingerprint density at radius 2 is 2.27 bits per heavy atom. The van der Waals surface area contributed by atoms with Gasteiger partial charge >= 0.3 is 0 Å². The molecule has 0 aliphatic carbocycles. The summed E-state index contributed by atoms with van der Waals surface area (Å²) in [5.41, 5.74) is 3.34. The highest BCUT2D eigenvalue weighted by Gasteiger charge is 2.31. The zero-order valence-corrected chi connectivity index (χ0v) is 13.3. The Kier molecular flexibility index (Phi) is 4.21. The zero-order chi connectivity index (χ0) is 15.7. The number of benzene rings is 1. The van der Waals surface area contributed by atoms with Gasteiger partial charge in [-0.05, 0) is 36.8 Å². The number of para-hydroxylation sites is 1. The number of fused-ring (bicyclic) bond motifs is 1. The number of likely N-dealkylation sites (tertiary alicyclic amines) is 1. The van der Waals surface area contributed by atoms with Crippen molar-refractivity contribution in [3.05, 3.63) is 35.5 Å². The van der Waals surface area contributed by atoms with Gasteiger partial charge in [-0.1, -0.05) is 25.1 Å². The van der Waals surface area contributed by atoms with Crippen LogP contribution in [0.3, 0.4) is 0 Å². The fraction of sp³-hybridized carbons (Fsp3) is 0.500. The van der Waals surface area contributed by atoms with E-state index >= 15 is 0 Å². The molecule has 0 spiro atoms. The standard InChI is InChI=1S/C18H24N2O2/c1-12-6-4-8-20(16(12)11-21)17(22)9-14-10-19-18-13(2)5-3-7-15(14)18/h3,5,7,10,12,16,19,21H,4,6,8-9,11H2,1-2H3. The lowest BCUT2D eigenvalue weighted by atomic mass is 9.91. The maximum absolute atomic E-state index is 12.7. The van der Waals surface area contributed by atoms with E-state index in [4.69, 9.17) is 0 Å². The van der Waals surface area contributed by atoms with Gasteiger partial charge in [-0.15, -0.1) is 0 Å². The average Bonchev–Trinajstić information content (AvgIpc) is 2.91. The van der Waals surface area contributed by atoms with Gasteiger partial charge in [0.1, 0.15) is 0 Å². The molecule has 2 heterocycles. The van der Waals surface area contributed by atoms with Gasteiger partial charge in [0.05, 0.1) is 19.1 Å². The van der Waals surface area contributed by atoms with Crippen molar-refractivity contribution in [3.8, 4) is 0 Å². The summed E-state index contributed by atoms with van der Waals surface area (Å²) < 4.78 is 0. The second-order valence-electron chi connectivity index (χ2n) is 6.44. The fourth-order valence-electron chi connectivity index (χ4n) is 3.61. The van der Waals surface area contributed by atoms with E-state index in [1.807, 2.05) is 17.2 Å². The Hall–Kier alpha value is -1.81. The number of aromatic nitrogens is 1. The second kappa shape index (κ2) is 6.13. The number of rotatable bonds is 3. The van der Waals surface area contributed by atoms with Crippen LogP contribution in [0.25, 0.3) is 10.9 Å². The molecule has 1 aromatic carbocycles. The minimum atomic E-state index is -0.0341. The monoisotopic (exact) mass is 300 g/mol. The van der Waals surface area contributed by atoms with Crippen LogP contribution in [0, 0.1) is 12.8 Å². The molecule has 2 N–H and O–H groups in total. The summed E-state index contributed by atoms with van der Waals surface area (Å²) in [5.74, 6) is 0.487. The van der Waals surface area contributed by atoms with Crippen molar-refractivity contribution in [2.45, 2.75) is 39.2 Å². The van der Waals surface area contributed by atoms with E-state index in [1.54, 1.807) is 0 Å². The van der Waals surface area contributed by atoms with E-state index in [1.165, 1.54) is 5.56 Å². The smallest absolute Gasteiger partial charge is 0.227 e. The number of hydrogen-bond acceptors (Lipinski definition) is 2. The number of amides is 1. The first kappa shape index (κ1) is 15.1. The third-order valence-corrected chi connectivity index (χ3v) is 4.97. The number of aromatic amines is 1. The Balaban J connectivity index is 1.82. The van der Waals surface area contributed by atoms with Crippen LogP contribution in [0.4, 0.5) is 0 Å². The molecule has 2 atom stereocenters. The van der Waals surface area contributed by atoms with Crippen molar-refractivity contribution in [2.24, 2.45) is 5.92 Å². The van der Waals surface area contributed by atoms with Gasteiger partial charge in [0.2, 0.25) is 5.91 Å². The van der Waals surface area contributed by atoms with E-state index in [0.29, 0.717) is 12.3 Å². The number of aliphatic hydroxyl groups is 1. The third kappa shape index (κ3) is 2.63. The second-order valence-corrected chi connectivity index (χ2v) is 6.44. The Labute approximate surface area is 131 Å². The third-order valence-electron chi connectivity index (χ3n) is 4.97. The lowest BCUT2D eigenvalue weighted by Gasteiger charge is -2.39. The molecule has 4 heteroatoms. The molecule has 0 saturated carbocycles. The summed E-state index contributed by atoms with van der Waals surface area (Å²) in [6.45, 7) is 5.00. The number of H-pyrrole nitrogens is 1. The number of carbonyl (C=O) groups excluding carboxylic acids is 1. The first-order valence-corrected chi connectivity index (χ1v) is 8.07. The lowest BCUT2D eigenvalue weighted by molar-refractivity contribution is -0.136. The van der Waals surface area contributed by atoms with Gasteiger partial charge in [0.25, 0.3) is 0 Å². The summed E-state index contributed by atoms with van der Waals surface area (Å²) in [5, 5.41) is 10.7. The van der Waals surface area contributed by atoms with Gasteiger partial charge in [-0.25, -0.2) is 0 Å². The quantitative estimate of drug-likeness (QED) is 0.915. The number of piperidine rings is 1. The molecule has 2 aromatic rings. The molecule has 0 radical (unpaired) electrons. The molecule has 1 fully saturated rings. The molecule has 1 saturated heterocycles. The van der Waals surface area contributed by atoms with Gasteiger partial charge in [0, 0.05) is 23.6 Å². The summed E-state index contributed by atoms with van der Waals surface area (Å²) in [7, 11) is 0. The van der Waals surface area contributed by atoms with E-state index in [2.05, 4.69) is 31.0 Å². The molecule has 1 aliphatic heterocycles. The highest BCUT2D eigenvalue weighted by Crippen LogP contribution is 2.26. The number of nitrogens with one attached hydrogen (secondary N) is 1. The fourth-order valence-corrected chi connectivity index (χ4v) is 3.61. The van der Waals surface area contributed by atoms with Crippen molar-refractivity contribution in [2.75, 3.05) is 13.2 Å². The molecule has 4 nitrogen and oxygen atoms in total. The van der Waals surface area contributed by atoms with Gasteiger partial charge in [-0.3, -0.25) is 4.79 Å². The largest absolute Gasteiger partial charge is 0.394 e. The van der Waals surface area contributed by atoms with Crippen LogP contribution in [0.5, 0.6) is 0 Å². The predicted octanol–water partition coefficient (Wildman–Crippen LogP) is 2.64. The lowest BCUT2D eigenvalue weighted by Crippen LogP contribution is -2.50. The molecule has 1 aliphatic rings. The van der Waals surface area contributed by atoms with Crippen LogP contribution < -0.4 is 0 Å². The first-order valence-electron chi connectivity index (χ1n) is 8.07. The first-order chi connectivity index (χ1) is 10.6. The number of nitrogens with zero attached hydrogens (tertiary/aromatic N) is 1. The molecule has 118 valence electrons. The molecular formula is C18H24N2O2. The maximum Gasteiger partial charge on any atom is 0.227 e. The van der Waals surface area contributed by atoms with E-state index < -0.39 is 0 Å². The number of hydrogen-bond donors (Lipinski definition) is 2. The normalized spacial score (nSPS) is 22.2. The minimum absolute atomic E-state index is 0.0341. The Bertz CT molecular complexity index is 677. The van der Waals surface area contributed by atoms with Crippen LogP contribution in [0.2, 0.25) is 0 Å². The molecule has 1 aromatic heterocycles. The molecule has 2 unspecified atom stereocenters. The average molecular weight is 300 g/mol. The van der Waals surface area contributed by atoms with Crippen molar-refractivity contribution < 1.29 is 9.90 Å². The Morgan fingerprint density at radius 3 is 3.05 bits per heavy atom. The highest BCUT2D eigenvalue weighted by atomic mass is 16.3. The van der Waals surface area contributed by atoms with Crippen molar-refractivity contribution in [3.63, 3.8) is 0 Å². The van der Waals surface area contributed by atoms with Crippen molar-refractivity contribution in [1.29, 1.82) is 0 Å². The van der Waals surface area contributed by atoms with Crippen LogP contribution in [-0.2, 0) is 11.2 Å². The Morgan fingerprint density at radius 1 is 1.45 bits per heavy atom. The molecule has 0 bridgehead atoms. The van der Waals surface area contributed by atoms with Gasteiger partial charge in [0.15, 0.2) is 0 Å². The number of aryl methyl sites for hydroxylation is 1. The maximum atomic E-state index is 12.7. The van der Waals surface area contributed by atoms with E-state index in [0.717, 1.165) is 35.9 Å². The van der Waals surface area contributed by atoms with Crippen molar-refractivity contribution in [1.82, 2.24) is 9.88 Å². The van der Waals surface area contributed by atoms with Crippen LogP contribution >= 0.6 is 0 Å². The topological polar surface area (TPSA) is 56.3 Å². The molecule has 22 heavy (non-hydrogen) atoms. The van der Waals surface area contributed by atoms with Crippen LogP contribution in [0.15, 0.2) is 24.4 Å². The predicted molar refractivity (Wildman–Crippen MR) is 87.7 cm³/mol. The van der Waals surface area contributed by atoms with Gasteiger partial charge < -0.3 is 15.0 Å². The van der Waals surface area contributed by atoms with E-state index in [9.17, 15) is 9.90 Å². The minimum Gasteiger partial charge on any atom is -0.394 e. The highest BCUT2D eigenvalue weighted by molar-refractivity contribution is 5.90. The van der Waals surface area contributed by atoms with Crippen molar-refractivity contribution >= 4 is 16.8 Å². The summed E-state index contributed by atoms with van der Waals surface area (Å²) >= 11 is 0. The van der Waals surface area contributed by atoms with Crippen LogP contribution in [-0.4, -0.2) is 40.1 Å². The van der Waals surface area contributed by atoms with Gasteiger partial charge in [-0.2, -0.15) is 0 Å². The number of aliphatic hydroxyl groups excluding tert-OH is 1. The van der Waals surface area contributed by atoms with Crippen LogP contribution in [0.1, 0.15) is 30.9 Å².